The van der Waals surface area contributed by atoms with Crippen LogP contribution in [0.1, 0.15) is 58.6 Å². The molecule has 0 radical (unpaired) electrons. The van der Waals surface area contributed by atoms with Crippen LogP contribution in [0.3, 0.4) is 0 Å². The number of rotatable bonds is 8. The molecule has 0 spiro atoms. The Morgan fingerprint density at radius 1 is 1.09 bits per heavy atom. The van der Waals surface area contributed by atoms with E-state index in [4.69, 9.17) is 16.3 Å². The first-order chi connectivity index (χ1) is 10.6. The number of aliphatic hydroxyl groups excluding tert-OH is 1. The van der Waals surface area contributed by atoms with Crippen LogP contribution in [-0.4, -0.2) is 36.4 Å². The molecular formula is C19H33ClNO2+. The van der Waals surface area contributed by atoms with Crippen molar-refractivity contribution in [3.8, 4) is 5.75 Å². The molecule has 0 heterocycles. The van der Waals surface area contributed by atoms with Crippen LogP contribution >= 0.6 is 11.6 Å². The number of nitrogens with one attached hydrogen (secondary N) is 1. The molecule has 132 valence electrons. The van der Waals surface area contributed by atoms with E-state index in [9.17, 15) is 5.11 Å². The van der Waals surface area contributed by atoms with Crippen molar-refractivity contribution in [3.63, 3.8) is 0 Å². The molecular weight excluding hydrogens is 310 g/mol. The number of aryl methyl sites for hydroxylation is 1. The number of halogens is 1. The average Bonchev–Trinajstić information content (AvgIpc) is 2.44. The molecule has 4 heteroatoms. The first-order valence-electron chi connectivity index (χ1n) is 8.59. The molecule has 1 rings (SSSR count). The standard InChI is InChI=1S/C19H32ClNO2/c1-12(2)17-9-18(20)15(7)8-19(17)23-11-16(22)10-21(13(3)4)14(5)6/h8-9,12-14,16,22H,10-11H2,1-7H3/p+1/t16-/m0/s1. The summed E-state index contributed by atoms with van der Waals surface area (Å²) >= 11 is 6.22. The minimum absolute atomic E-state index is 0.309. The van der Waals surface area contributed by atoms with Crippen molar-refractivity contribution in [3.05, 3.63) is 28.3 Å². The molecule has 0 saturated heterocycles. The summed E-state index contributed by atoms with van der Waals surface area (Å²) in [4.78, 5) is 1.39. The maximum atomic E-state index is 10.4. The second-order valence-corrected chi connectivity index (χ2v) is 7.75. The fourth-order valence-corrected chi connectivity index (χ4v) is 3.07. The van der Waals surface area contributed by atoms with Gasteiger partial charge in [0.15, 0.2) is 0 Å². The molecule has 0 aliphatic rings. The second-order valence-electron chi connectivity index (χ2n) is 7.35. The zero-order valence-corrected chi connectivity index (χ0v) is 16.4. The molecule has 2 N–H and O–H groups in total. The fourth-order valence-electron chi connectivity index (χ4n) is 2.90. The Hall–Kier alpha value is -0.770. The maximum absolute atomic E-state index is 10.4. The summed E-state index contributed by atoms with van der Waals surface area (Å²) < 4.78 is 5.93. The van der Waals surface area contributed by atoms with Gasteiger partial charge >= 0.3 is 0 Å². The lowest BCUT2D eigenvalue weighted by Gasteiger charge is -2.29. The molecule has 1 aromatic rings. The third-order valence-electron chi connectivity index (χ3n) is 4.30. The highest BCUT2D eigenvalue weighted by Crippen LogP contribution is 2.32. The molecule has 1 atom stereocenters. The summed E-state index contributed by atoms with van der Waals surface area (Å²) in [7, 11) is 0. The van der Waals surface area contributed by atoms with Crippen molar-refractivity contribution < 1.29 is 14.7 Å². The summed E-state index contributed by atoms with van der Waals surface area (Å²) in [6, 6.07) is 4.91. The van der Waals surface area contributed by atoms with Gasteiger partial charge in [-0.3, -0.25) is 0 Å². The van der Waals surface area contributed by atoms with Gasteiger partial charge in [0.2, 0.25) is 0 Å². The zero-order valence-electron chi connectivity index (χ0n) is 15.6. The predicted octanol–water partition coefficient (Wildman–Crippen LogP) is 3.21. The smallest absolute Gasteiger partial charge is 0.137 e. The monoisotopic (exact) mass is 342 g/mol. The fraction of sp³-hybridized carbons (Fsp3) is 0.684. The minimum Gasteiger partial charge on any atom is -0.490 e. The number of aliphatic hydroxyl groups is 1. The van der Waals surface area contributed by atoms with Crippen LogP contribution in [0.5, 0.6) is 5.75 Å². The normalized spacial score (nSPS) is 13.4. The number of ether oxygens (including phenoxy) is 1. The van der Waals surface area contributed by atoms with E-state index >= 15 is 0 Å². The Bertz CT molecular complexity index is 492. The average molecular weight is 343 g/mol. The molecule has 0 bridgehead atoms. The van der Waals surface area contributed by atoms with Crippen molar-refractivity contribution in [2.75, 3.05) is 13.2 Å². The minimum atomic E-state index is -0.481. The van der Waals surface area contributed by atoms with Gasteiger partial charge in [0.1, 0.15) is 25.0 Å². The van der Waals surface area contributed by atoms with Crippen LogP contribution in [0.15, 0.2) is 12.1 Å². The Balaban J connectivity index is 2.76. The van der Waals surface area contributed by atoms with E-state index in [0.717, 1.165) is 21.9 Å². The van der Waals surface area contributed by atoms with E-state index in [1.807, 2.05) is 19.1 Å². The third-order valence-corrected chi connectivity index (χ3v) is 4.71. The Kier molecular flexibility index (Phi) is 7.85. The molecule has 0 unspecified atom stereocenters. The van der Waals surface area contributed by atoms with Crippen molar-refractivity contribution in [2.45, 2.75) is 72.6 Å². The van der Waals surface area contributed by atoms with Crippen LogP contribution < -0.4 is 9.64 Å². The van der Waals surface area contributed by atoms with Gasteiger partial charge in [-0.05, 0) is 63.8 Å². The van der Waals surface area contributed by atoms with Gasteiger partial charge in [-0.25, -0.2) is 0 Å². The number of quaternary nitrogens is 1. The molecule has 0 fully saturated rings. The van der Waals surface area contributed by atoms with E-state index in [2.05, 4.69) is 41.5 Å². The van der Waals surface area contributed by atoms with Crippen LogP contribution in [0.2, 0.25) is 5.02 Å². The van der Waals surface area contributed by atoms with Crippen LogP contribution in [0.4, 0.5) is 0 Å². The molecule has 0 saturated carbocycles. The van der Waals surface area contributed by atoms with Gasteiger partial charge in [-0.15, -0.1) is 0 Å². The Labute approximate surface area is 146 Å². The quantitative estimate of drug-likeness (QED) is 0.760. The summed E-state index contributed by atoms with van der Waals surface area (Å²) in [5, 5.41) is 11.1. The highest BCUT2D eigenvalue weighted by atomic mass is 35.5. The largest absolute Gasteiger partial charge is 0.490 e. The molecule has 0 aliphatic heterocycles. The van der Waals surface area contributed by atoms with Crippen molar-refractivity contribution in [1.82, 2.24) is 0 Å². The predicted molar refractivity (Wildman–Crippen MR) is 97.9 cm³/mol. The van der Waals surface area contributed by atoms with Crippen LogP contribution in [-0.2, 0) is 0 Å². The van der Waals surface area contributed by atoms with Gasteiger partial charge in [0.05, 0.1) is 12.1 Å². The Morgan fingerprint density at radius 2 is 1.65 bits per heavy atom. The van der Waals surface area contributed by atoms with E-state index in [0.29, 0.717) is 31.2 Å². The molecule has 3 nitrogen and oxygen atoms in total. The second kappa shape index (κ2) is 8.91. The number of hydrogen-bond acceptors (Lipinski definition) is 2. The lowest BCUT2D eigenvalue weighted by atomic mass is 10.0. The van der Waals surface area contributed by atoms with E-state index < -0.39 is 6.10 Å². The topological polar surface area (TPSA) is 33.9 Å². The van der Waals surface area contributed by atoms with Gasteiger partial charge in [0, 0.05) is 5.02 Å². The SMILES string of the molecule is Cc1cc(OC[C@@H](O)C[NH+](C(C)C)C(C)C)c(C(C)C)cc1Cl. The maximum Gasteiger partial charge on any atom is 0.137 e. The van der Waals surface area contributed by atoms with Crippen molar-refractivity contribution in [1.29, 1.82) is 0 Å². The Morgan fingerprint density at radius 3 is 2.13 bits per heavy atom. The number of hydrogen-bond donors (Lipinski definition) is 2. The molecule has 0 aromatic heterocycles. The summed E-state index contributed by atoms with van der Waals surface area (Å²) in [5.41, 5.74) is 2.09. The van der Waals surface area contributed by atoms with Gasteiger partial charge in [0.25, 0.3) is 0 Å². The van der Waals surface area contributed by atoms with Gasteiger partial charge in [-0.2, -0.15) is 0 Å². The molecule has 0 aliphatic carbocycles. The lowest BCUT2D eigenvalue weighted by Crippen LogP contribution is -3.18. The zero-order chi connectivity index (χ0) is 17.7. The van der Waals surface area contributed by atoms with Crippen molar-refractivity contribution in [2.24, 2.45) is 0 Å². The van der Waals surface area contributed by atoms with E-state index in [1.165, 1.54) is 4.90 Å². The van der Waals surface area contributed by atoms with Crippen LogP contribution in [0.25, 0.3) is 0 Å². The highest BCUT2D eigenvalue weighted by Gasteiger charge is 2.22. The summed E-state index contributed by atoms with van der Waals surface area (Å²) in [5.74, 6) is 1.16. The summed E-state index contributed by atoms with van der Waals surface area (Å²) in [6.07, 6.45) is -0.481. The highest BCUT2D eigenvalue weighted by molar-refractivity contribution is 6.31. The lowest BCUT2D eigenvalue weighted by molar-refractivity contribution is -0.944. The number of benzene rings is 1. The molecule has 1 aromatic carbocycles. The van der Waals surface area contributed by atoms with E-state index in [-0.39, 0.29) is 0 Å². The van der Waals surface area contributed by atoms with Crippen LogP contribution in [0, 0.1) is 6.92 Å². The molecule has 0 amide bonds. The van der Waals surface area contributed by atoms with E-state index in [1.54, 1.807) is 0 Å². The van der Waals surface area contributed by atoms with Gasteiger partial charge in [-0.1, -0.05) is 25.4 Å². The third kappa shape index (κ3) is 5.98. The summed E-state index contributed by atoms with van der Waals surface area (Å²) in [6.45, 7) is 15.9. The first kappa shape index (κ1) is 20.3. The van der Waals surface area contributed by atoms with Crippen molar-refractivity contribution >= 4 is 11.6 Å². The first-order valence-corrected chi connectivity index (χ1v) is 8.97. The molecule has 23 heavy (non-hydrogen) atoms. The van der Waals surface area contributed by atoms with Gasteiger partial charge < -0.3 is 14.7 Å².